The van der Waals surface area contributed by atoms with E-state index in [2.05, 4.69) is 121 Å². The molecule has 0 N–H and O–H groups in total. The summed E-state index contributed by atoms with van der Waals surface area (Å²) in [5.41, 5.74) is 13.6. The van der Waals surface area contributed by atoms with Gasteiger partial charge in [-0.05, 0) is 82.1 Å². The zero-order valence-corrected chi connectivity index (χ0v) is 18.7. The summed E-state index contributed by atoms with van der Waals surface area (Å²) in [4.78, 5) is 2.51. The summed E-state index contributed by atoms with van der Waals surface area (Å²) in [6.45, 7) is 2.17. The second-order valence-electron chi connectivity index (χ2n) is 9.47. The number of anilines is 2. The Morgan fingerprint density at radius 1 is 0.758 bits per heavy atom. The van der Waals surface area contributed by atoms with Crippen LogP contribution in [0, 0.1) is 6.92 Å². The predicted molar refractivity (Wildman–Crippen MR) is 138 cm³/mol. The molecule has 33 heavy (non-hydrogen) atoms. The normalized spacial score (nSPS) is 19.5. The van der Waals surface area contributed by atoms with Crippen molar-refractivity contribution in [1.29, 1.82) is 0 Å². The van der Waals surface area contributed by atoms with Crippen LogP contribution in [-0.4, -0.2) is 6.04 Å². The van der Waals surface area contributed by atoms with Crippen molar-refractivity contribution in [3.63, 3.8) is 0 Å². The van der Waals surface area contributed by atoms with Crippen LogP contribution in [-0.2, 0) is 6.42 Å². The third-order valence-corrected chi connectivity index (χ3v) is 7.47. The average Bonchev–Trinajstić information content (AvgIpc) is 3.39. The van der Waals surface area contributed by atoms with Gasteiger partial charge in [-0.15, -0.1) is 0 Å². The summed E-state index contributed by atoms with van der Waals surface area (Å²) in [6.07, 6.45) is 8.27. The first-order valence-corrected chi connectivity index (χ1v) is 11.8. The van der Waals surface area contributed by atoms with Crippen LogP contribution in [0.4, 0.5) is 11.4 Å². The summed E-state index contributed by atoms with van der Waals surface area (Å²) in [7, 11) is 0. The van der Waals surface area contributed by atoms with E-state index in [4.69, 9.17) is 0 Å². The fourth-order valence-electron chi connectivity index (χ4n) is 5.92. The molecule has 0 radical (unpaired) electrons. The fraction of sp³-hybridized carbons (Fsp3) is 0.125. The van der Waals surface area contributed by atoms with Gasteiger partial charge < -0.3 is 4.90 Å². The van der Waals surface area contributed by atoms with Crippen molar-refractivity contribution in [3.05, 3.63) is 137 Å². The number of hydrogen-bond acceptors (Lipinski definition) is 1. The number of allylic oxidation sites excluding steroid dienone is 2. The van der Waals surface area contributed by atoms with Crippen molar-refractivity contribution in [1.82, 2.24) is 0 Å². The van der Waals surface area contributed by atoms with Gasteiger partial charge in [-0.1, -0.05) is 85.0 Å². The zero-order valence-electron chi connectivity index (χ0n) is 18.7. The molecule has 1 nitrogen and oxygen atoms in total. The molecule has 2 aliphatic carbocycles. The number of para-hydroxylation sites is 1. The Hall–Kier alpha value is -3.84. The summed E-state index contributed by atoms with van der Waals surface area (Å²) in [5.74, 6) is 0.349. The number of rotatable bonds is 2. The van der Waals surface area contributed by atoms with Crippen molar-refractivity contribution < 1.29 is 0 Å². The molecule has 0 saturated carbocycles. The van der Waals surface area contributed by atoms with Crippen LogP contribution in [0.5, 0.6) is 0 Å². The highest BCUT2D eigenvalue weighted by molar-refractivity contribution is 5.86. The quantitative estimate of drug-likeness (QED) is 0.280. The largest absolute Gasteiger partial charge is 0.333 e. The SMILES string of the molecule is Cc1cccc(N2c3ccccc3C3C=C(c4ccc5c(c4)-c4ccccc4C5)C=CC32)c1. The third kappa shape index (κ3) is 2.85. The second kappa shape index (κ2) is 7.08. The second-order valence-corrected chi connectivity index (χ2v) is 9.47. The summed E-state index contributed by atoms with van der Waals surface area (Å²) in [5, 5.41) is 0. The molecule has 0 amide bonds. The van der Waals surface area contributed by atoms with Crippen LogP contribution in [0.15, 0.2) is 109 Å². The van der Waals surface area contributed by atoms with Gasteiger partial charge in [0.05, 0.1) is 6.04 Å². The number of nitrogens with zero attached hydrogens (tertiary/aromatic N) is 1. The van der Waals surface area contributed by atoms with Crippen molar-refractivity contribution >= 4 is 16.9 Å². The van der Waals surface area contributed by atoms with Crippen LogP contribution in [0.2, 0.25) is 0 Å². The molecule has 7 rings (SSSR count). The van der Waals surface area contributed by atoms with Gasteiger partial charge in [-0.3, -0.25) is 0 Å². The molecule has 1 aliphatic heterocycles. The van der Waals surface area contributed by atoms with E-state index < -0.39 is 0 Å². The molecule has 3 aliphatic rings. The van der Waals surface area contributed by atoms with E-state index in [0.29, 0.717) is 12.0 Å². The van der Waals surface area contributed by atoms with Gasteiger partial charge in [0.2, 0.25) is 0 Å². The van der Waals surface area contributed by atoms with Crippen LogP contribution in [0.25, 0.3) is 16.7 Å². The van der Waals surface area contributed by atoms with Gasteiger partial charge in [0, 0.05) is 17.3 Å². The monoisotopic (exact) mass is 423 g/mol. The first-order chi connectivity index (χ1) is 16.3. The van der Waals surface area contributed by atoms with Crippen LogP contribution >= 0.6 is 0 Å². The Labute approximate surface area is 195 Å². The Balaban J connectivity index is 1.31. The maximum absolute atomic E-state index is 2.51. The zero-order chi connectivity index (χ0) is 21.9. The Kier molecular flexibility index (Phi) is 4.01. The van der Waals surface area contributed by atoms with Crippen LogP contribution < -0.4 is 4.90 Å². The first-order valence-electron chi connectivity index (χ1n) is 11.8. The number of benzene rings is 4. The lowest BCUT2D eigenvalue weighted by Crippen LogP contribution is -2.29. The van der Waals surface area contributed by atoms with Crippen molar-refractivity contribution in [2.24, 2.45) is 0 Å². The third-order valence-electron chi connectivity index (χ3n) is 7.47. The van der Waals surface area contributed by atoms with Crippen molar-refractivity contribution in [3.8, 4) is 11.1 Å². The Morgan fingerprint density at radius 2 is 1.61 bits per heavy atom. The summed E-state index contributed by atoms with van der Waals surface area (Å²) in [6, 6.07) is 33.9. The Bertz CT molecular complexity index is 1470. The minimum atomic E-state index is 0.308. The van der Waals surface area contributed by atoms with E-state index >= 15 is 0 Å². The molecule has 4 aromatic carbocycles. The molecule has 0 bridgehead atoms. The van der Waals surface area contributed by atoms with E-state index in [1.165, 1.54) is 55.9 Å². The summed E-state index contributed by atoms with van der Waals surface area (Å²) >= 11 is 0. The van der Waals surface area contributed by atoms with Gasteiger partial charge in [0.25, 0.3) is 0 Å². The molecule has 0 saturated heterocycles. The molecule has 0 aromatic heterocycles. The Morgan fingerprint density at radius 3 is 2.55 bits per heavy atom. The number of aryl methyl sites for hydroxylation is 1. The number of fused-ring (bicyclic) bond motifs is 6. The average molecular weight is 424 g/mol. The van der Waals surface area contributed by atoms with Gasteiger partial charge in [-0.2, -0.15) is 0 Å². The van der Waals surface area contributed by atoms with E-state index in [0.717, 1.165) is 6.42 Å². The number of hydrogen-bond donors (Lipinski definition) is 0. The topological polar surface area (TPSA) is 3.24 Å². The maximum atomic E-state index is 2.51. The van der Waals surface area contributed by atoms with E-state index in [1.807, 2.05) is 0 Å². The molecule has 0 spiro atoms. The highest BCUT2D eigenvalue weighted by atomic mass is 15.2. The van der Waals surface area contributed by atoms with Crippen LogP contribution in [0.3, 0.4) is 0 Å². The van der Waals surface area contributed by atoms with Gasteiger partial charge >= 0.3 is 0 Å². The molecule has 158 valence electrons. The van der Waals surface area contributed by atoms with E-state index in [-0.39, 0.29) is 0 Å². The lowest BCUT2D eigenvalue weighted by atomic mass is 9.85. The maximum Gasteiger partial charge on any atom is 0.0630 e. The molecular formula is C32H25N. The molecule has 1 heteroatoms. The first kappa shape index (κ1) is 18.7. The van der Waals surface area contributed by atoms with Crippen molar-refractivity contribution in [2.75, 3.05) is 4.90 Å². The molecular weight excluding hydrogens is 398 g/mol. The lowest BCUT2D eigenvalue weighted by Gasteiger charge is -2.30. The van der Waals surface area contributed by atoms with E-state index in [9.17, 15) is 0 Å². The molecule has 2 atom stereocenters. The molecule has 0 fully saturated rings. The highest BCUT2D eigenvalue weighted by Crippen LogP contribution is 2.49. The van der Waals surface area contributed by atoms with Gasteiger partial charge in [0.1, 0.15) is 0 Å². The van der Waals surface area contributed by atoms with E-state index in [1.54, 1.807) is 0 Å². The molecule has 2 unspecified atom stereocenters. The highest BCUT2D eigenvalue weighted by Gasteiger charge is 2.38. The van der Waals surface area contributed by atoms with Crippen molar-refractivity contribution in [2.45, 2.75) is 25.3 Å². The molecule has 4 aromatic rings. The predicted octanol–water partition coefficient (Wildman–Crippen LogP) is 7.82. The van der Waals surface area contributed by atoms with Gasteiger partial charge in [0.15, 0.2) is 0 Å². The smallest absolute Gasteiger partial charge is 0.0630 e. The molecule has 1 heterocycles. The van der Waals surface area contributed by atoms with Gasteiger partial charge in [-0.25, -0.2) is 0 Å². The minimum Gasteiger partial charge on any atom is -0.333 e. The lowest BCUT2D eigenvalue weighted by molar-refractivity contribution is 0.747. The minimum absolute atomic E-state index is 0.308. The summed E-state index contributed by atoms with van der Waals surface area (Å²) < 4.78 is 0. The van der Waals surface area contributed by atoms with Crippen LogP contribution in [0.1, 0.15) is 33.7 Å². The standard InChI is InChI=1S/C32H25N/c1-21-7-6-9-26(17-21)33-31-12-5-4-11-28(31)30-20-23(15-16-32(30)33)22-13-14-25-18-24-8-2-3-10-27(24)29(25)19-22/h2-17,19-20,30,32H,18H2,1H3. The fourth-order valence-corrected chi connectivity index (χ4v) is 5.92.